The van der Waals surface area contributed by atoms with Gasteiger partial charge in [-0.2, -0.15) is 26.3 Å². The van der Waals surface area contributed by atoms with Crippen molar-refractivity contribution in [2.24, 2.45) is 0 Å². The predicted octanol–water partition coefficient (Wildman–Crippen LogP) is 1.16. The van der Waals surface area contributed by atoms with Crippen molar-refractivity contribution < 1.29 is 47.8 Å². The third kappa shape index (κ3) is 4.42. The predicted molar refractivity (Wildman–Crippen MR) is 77.6 cm³/mol. The molecule has 0 bridgehead atoms. The van der Waals surface area contributed by atoms with E-state index in [2.05, 4.69) is 0 Å². The van der Waals surface area contributed by atoms with Gasteiger partial charge in [-0.3, -0.25) is 0 Å². The monoisotopic (exact) mass is 432 g/mol. The van der Waals surface area contributed by atoms with Crippen LogP contribution in [0.15, 0.2) is 18.2 Å². The Labute approximate surface area is 152 Å². The van der Waals surface area contributed by atoms with Gasteiger partial charge < -0.3 is 26.4 Å². The van der Waals surface area contributed by atoms with Crippen LogP contribution in [0, 0.1) is 0 Å². The number of hydrogen-bond donors (Lipinski definition) is 0. The third-order valence-corrected chi connectivity index (χ3v) is 5.14. The highest BCUT2D eigenvalue weighted by Crippen LogP contribution is 2.39. The number of alkyl halides is 6. The minimum absolute atomic E-state index is 0. The maximum absolute atomic E-state index is 13.0. The Bertz CT molecular complexity index is 565. The lowest BCUT2D eigenvalue weighted by molar-refractivity contribution is -0.917. The average molecular weight is 433 g/mol. The van der Waals surface area contributed by atoms with Gasteiger partial charge in [0.25, 0.3) is 0 Å². The van der Waals surface area contributed by atoms with E-state index in [4.69, 9.17) is 0 Å². The molecule has 2 fully saturated rings. The number of anilines is 1. The molecule has 2 aliphatic rings. The SMILES string of the molecule is FC(F)(F)c1cc(N2CC[N+]3(CCCC3)CC2)cc(C(F)(F)F)c1.[Br-]. The molecule has 0 radical (unpaired) electrons. The fraction of sp³-hybridized carbons (Fsp3) is 0.625. The molecule has 1 aromatic rings. The number of nitrogens with zero attached hydrogens (tertiary/aromatic N) is 2. The van der Waals surface area contributed by atoms with Crippen LogP contribution < -0.4 is 21.9 Å². The number of quaternary nitrogens is 1. The summed E-state index contributed by atoms with van der Waals surface area (Å²) in [4.78, 5) is 1.65. The summed E-state index contributed by atoms with van der Waals surface area (Å²) < 4.78 is 78.7. The van der Waals surface area contributed by atoms with Crippen LogP contribution in [-0.4, -0.2) is 43.8 Å². The normalized spacial score (nSPS) is 20.6. The number of hydrogen-bond acceptors (Lipinski definition) is 1. The maximum Gasteiger partial charge on any atom is 0.416 e. The highest BCUT2D eigenvalue weighted by Gasteiger charge is 2.39. The summed E-state index contributed by atoms with van der Waals surface area (Å²) in [5, 5.41) is 0. The molecule has 2 heterocycles. The molecule has 0 aromatic heterocycles. The largest absolute Gasteiger partial charge is 1.00 e. The van der Waals surface area contributed by atoms with E-state index >= 15 is 0 Å². The molecule has 0 amide bonds. The van der Waals surface area contributed by atoms with Gasteiger partial charge in [-0.1, -0.05) is 0 Å². The molecule has 0 saturated carbocycles. The highest BCUT2D eigenvalue weighted by molar-refractivity contribution is 5.53. The second-order valence-corrected chi connectivity index (χ2v) is 6.69. The van der Waals surface area contributed by atoms with Crippen LogP contribution in [0.25, 0.3) is 0 Å². The molecule has 0 atom stereocenters. The van der Waals surface area contributed by atoms with Gasteiger partial charge in [0.15, 0.2) is 0 Å². The van der Waals surface area contributed by atoms with Crippen molar-refractivity contribution in [2.45, 2.75) is 25.2 Å². The second-order valence-electron chi connectivity index (χ2n) is 6.69. The lowest BCUT2D eigenvalue weighted by Gasteiger charge is -2.43. The molecule has 2 saturated heterocycles. The van der Waals surface area contributed by atoms with Crippen LogP contribution in [0.4, 0.5) is 32.0 Å². The van der Waals surface area contributed by atoms with E-state index in [1.54, 1.807) is 4.90 Å². The molecule has 1 aromatic carbocycles. The zero-order chi connectivity index (χ0) is 17.6. The molecule has 2 aliphatic heterocycles. The van der Waals surface area contributed by atoms with Crippen LogP contribution in [-0.2, 0) is 12.4 Å². The first kappa shape index (κ1) is 20.4. The van der Waals surface area contributed by atoms with Gasteiger partial charge in [0, 0.05) is 18.5 Å². The first-order chi connectivity index (χ1) is 11.1. The Kier molecular flexibility index (Phi) is 5.68. The van der Waals surface area contributed by atoms with Crippen molar-refractivity contribution in [1.29, 1.82) is 0 Å². The quantitative estimate of drug-likeness (QED) is 0.475. The number of benzene rings is 1. The van der Waals surface area contributed by atoms with Crippen LogP contribution >= 0.6 is 0 Å². The molecule has 9 heteroatoms. The molecule has 25 heavy (non-hydrogen) atoms. The van der Waals surface area contributed by atoms with E-state index in [0.717, 1.165) is 55.6 Å². The standard InChI is InChI=1S/C16H19F6N2.BrH/c17-15(18,19)12-9-13(16(20,21)22)11-14(10-12)23-3-7-24(8-4-23)5-1-2-6-24;/h9-11H,1-8H2;1H/q+1;/p-1. The van der Waals surface area contributed by atoms with Crippen molar-refractivity contribution in [3.8, 4) is 0 Å². The molecular formula is C16H19BrF6N2. The van der Waals surface area contributed by atoms with Gasteiger partial charge >= 0.3 is 12.4 Å². The lowest BCUT2D eigenvalue weighted by Crippen LogP contribution is -3.00. The second kappa shape index (κ2) is 6.98. The Morgan fingerprint density at radius 3 is 1.56 bits per heavy atom. The number of piperazine rings is 1. The molecule has 0 aliphatic carbocycles. The summed E-state index contributed by atoms with van der Waals surface area (Å²) in [5.41, 5.74) is -2.49. The van der Waals surface area contributed by atoms with Crippen molar-refractivity contribution >= 4 is 5.69 Å². The van der Waals surface area contributed by atoms with Gasteiger partial charge in [-0.15, -0.1) is 0 Å². The first-order valence-electron chi connectivity index (χ1n) is 7.99. The van der Waals surface area contributed by atoms with Crippen molar-refractivity contribution in [1.82, 2.24) is 0 Å². The van der Waals surface area contributed by atoms with E-state index in [9.17, 15) is 26.3 Å². The maximum atomic E-state index is 13.0. The Morgan fingerprint density at radius 2 is 1.16 bits per heavy atom. The third-order valence-electron chi connectivity index (χ3n) is 5.14. The number of rotatable bonds is 1. The molecule has 3 rings (SSSR count). The van der Waals surface area contributed by atoms with Crippen LogP contribution in [0.1, 0.15) is 24.0 Å². The zero-order valence-corrected chi connectivity index (χ0v) is 15.0. The van der Waals surface area contributed by atoms with Crippen LogP contribution in [0.3, 0.4) is 0 Å². The molecule has 0 unspecified atom stereocenters. The summed E-state index contributed by atoms with van der Waals surface area (Å²) in [6.45, 7) is 4.64. The molecule has 0 N–H and O–H groups in total. The minimum atomic E-state index is -4.80. The fourth-order valence-electron chi connectivity index (χ4n) is 3.72. The topological polar surface area (TPSA) is 3.24 Å². The van der Waals surface area contributed by atoms with Gasteiger partial charge in [-0.25, -0.2) is 0 Å². The van der Waals surface area contributed by atoms with Gasteiger partial charge in [0.1, 0.15) is 0 Å². The van der Waals surface area contributed by atoms with Crippen LogP contribution in [0.5, 0.6) is 0 Å². The minimum Gasteiger partial charge on any atom is -1.00 e. The molecule has 2 nitrogen and oxygen atoms in total. The Balaban J connectivity index is 0.00000225. The van der Waals surface area contributed by atoms with Crippen molar-refractivity contribution in [3.05, 3.63) is 29.3 Å². The summed E-state index contributed by atoms with van der Waals surface area (Å²) in [6, 6.07) is 1.84. The molecule has 142 valence electrons. The van der Waals surface area contributed by atoms with E-state index in [-0.39, 0.29) is 28.7 Å². The van der Waals surface area contributed by atoms with Crippen molar-refractivity contribution in [2.75, 3.05) is 44.2 Å². The summed E-state index contributed by atoms with van der Waals surface area (Å²) in [5.74, 6) is 0. The van der Waals surface area contributed by atoms with Crippen molar-refractivity contribution in [3.63, 3.8) is 0 Å². The Hall–Kier alpha value is -0.960. The summed E-state index contributed by atoms with van der Waals surface area (Å²) in [6.07, 6.45) is -7.31. The molecular weight excluding hydrogens is 414 g/mol. The fourth-order valence-corrected chi connectivity index (χ4v) is 3.72. The van der Waals surface area contributed by atoms with E-state index < -0.39 is 23.5 Å². The van der Waals surface area contributed by atoms with E-state index in [1.165, 1.54) is 0 Å². The van der Waals surface area contributed by atoms with Gasteiger partial charge in [0.2, 0.25) is 0 Å². The van der Waals surface area contributed by atoms with Gasteiger partial charge in [0.05, 0.1) is 50.4 Å². The molecule has 1 spiro atoms. The first-order valence-corrected chi connectivity index (χ1v) is 7.99. The highest BCUT2D eigenvalue weighted by atomic mass is 79.9. The van der Waals surface area contributed by atoms with E-state index in [1.807, 2.05) is 0 Å². The van der Waals surface area contributed by atoms with Gasteiger partial charge in [-0.05, 0) is 18.2 Å². The lowest BCUT2D eigenvalue weighted by atomic mass is 10.1. The summed E-state index contributed by atoms with van der Waals surface area (Å²) in [7, 11) is 0. The zero-order valence-electron chi connectivity index (χ0n) is 13.4. The summed E-state index contributed by atoms with van der Waals surface area (Å²) >= 11 is 0. The number of halogens is 7. The Morgan fingerprint density at radius 1 is 0.720 bits per heavy atom. The average Bonchev–Trinajstić information content (AvgIpc) is 2.94. The van der Waals surface area contributed by atoms with E-state index in [0.29, 0.717) is 13.1 Å². The smallest absolute Gasteiger partial charge is 0.416 e. The van der Waals surface area contributed by atoms with Crippen LogP contribution in [0.2, 0.25) is 0 Å².